The summed E-state index contributed by atoms with van der Waals surface area (Å²) in [5.74, 6) is -0.479. The summed E-state index contributed by atoms with van der Waals surface area (Å²) in [7, 11) is 1.35. The molecule has 3 aromatic rings. The minimum atomic E-state index is -1.18. The lowest BCUT2D eigenvalue weighted by atomic mass is 10.1. The van der Waals surface area contributed by atoms with Crippen LogP contribution in [0.1, 0.15) is 5.56 Å². The highest BCUT2D eigenvalue weighted by atomic mass is 35.5. The fourth-order valence-corrected chi connectivity index (χ4v) is 2.37. The number of para-hydroxylation sites is 2. The monoisotopic (exact) mass is 399 g/mol. The predicted octanol–water partition coefficient (Wildman–Crippen LogP) is 4.18. The maximum atomic E-state index is 11.5. The van der Waals surface area contributed by atoms with Crippen molar-refractivity contribution < 1.29 is 24.1 Å². The molecule has 8 nitrogen and oxygen atoms in total. The molecule has 0 aliphatic carbocycles. The summed E-state index contributed by atoms with van der Waals surface area (Å²) in [6.07, 6.45) is 1.11. The van der Waals surface area contributed by atoms with Crippen LogP contribution in [0.2, 0.25) is 5.28 Å². The highest BCUT2D eigenvalue weighted by Crippen LogP contribution is 2.30. The van der Waals surface area contributed by atoms with Crippen LogP contribution in [0.15, 0.2) is 60.9 Å². The van der Waals surface area contributed by atoms with Gasteiger partial charge in [-0.15, -0.1) is 4.98 Å². The molecule has 1 aromatic heterocycles. The third kappa shape index (κ3) is 4.74. The second-order valence-corrected chi connectivity index (χ2v) is 5.59. The molecular weight excluding hydrogens is 386 g/mol. The molecule has 0 radical (unpaired) electrons. The number of ether oxygens (including phenoxy) is 3. The molecule has 9 heteroatoms. The van der Waals surface area contributed by atoms with Crippen LogP contribution in [-0.4, -0.2) is 33.1 Å². The smallest absolute Gasteiger partial charge is 0.339 e. The number of methoxy groups -OCH3 is 1. The first-order chi connectivity index (χ1) is 13.6. The van der Waals surface area contributed by atoms with E-state index in [2.05, 4.69) is 15.0 Å². The average Bonchev–Trinajstić information content (AvgIpc) is 2.67. The Kier molecular flexibility index (Phi) is 6.03. The molecule has 0 aliphatic heterocycles. The lowest BCUT2D eigenvalue weighted by Crippen LogP contribution is -2.04. The number of hydrogen-bond acceptors (Lipinski definition) is 7. The molecule has 0 spiro atoms. The number of benzene rings is 2. The van der Waals surface area contributed by atoms with Crippen LogP contribution in [0.25, 0.3) is 5.57 Å². The van der Waals surface area contributed by atoms with Gasteiger partial charge < -0.3 is 19.3 Å². The van der Waals surface area contributed by atoms with E-state index in [-0.39, 0.29) is 34.2 Å². The van der Waals surface area contributed by atoms with Gasteiger partial charge in [0.05, 0.1) is 13.4 Å². The summed E-state index contributed by atoms with van der Waals surface area (Å²) >= 11 is 5.94. The molecule has 0 fully saturated rings. The molecule has 28 heavy (non-hydrogen) atoms. The van der Waals surface area contributed by atoms with Crippen molar-refractivity contribution in [3.63, 3.8) is 0 Å². The van der Waals surface area contributed by atoms with Gasteiger partial charge in [-0.1, -0.05) is 36.4 Å². The highest BCUT2D eigenvalue weighted by Gasteiger charge is 2.18. The van der Waals surface area contributed by atoms with Gasteiger partial charge in [0.15, 0.2) is 0 Å². The average molecular weight is 400 g/mol. The van der Waals surface area contributed by atoms with Crippen LogP contribution >= 0.6 is 11.6 Å². The van der Waals surface area contributed by atoms with Gasteiger partial charge in [0.25, 0.3) is 0 Å². The van der Waals surface area contributed by atoms with Crippen molar-refractivity contribution in [2.45, 2.75) is 0 Å². The first-order valence-electron chi connectivity index (χ1n) is 7.95. The zero-order valence-electron chi connectivity index (χ0n) is 14.6. The van der Waals surface area contributed by atoms with Crippen molar-refractivity contribution in [3.8, 4) is 23.5 Å². The number of rotatable bonds is 7. The van der Waals surface area contributed by atoms with Gasteiger partial charge in [-0.2, -0.15) is 9.97 Å². The highest BCUT2D eigenvalue weighted by molar-refractivity contribution is 6.28. The molecular formula is C19H14ClN3O5. The number of halogens is 1. The molecule has 142 valence electrons. The van der Waals surface area contributed by atoms with E-state index in [9.17, 15) is 9.90 Å². The molecule has 0 saturated carbocycles. The standard InChI is InChI=1S/C19H14ClN3O5/c1-26-11-14(16(24)25)13-9-5-6-10-15(13)28-19-22-17(20)21-18(23-19)27-12-7-3-2-4-8-12/h2-11H,1H3,(H,24,25). The van der Waals surface area contributed by atoms with E-state index in [1.54, 1.807) is 48.5 Å². The Morgan fingerprint density at radius 3 is 2.29 bits per heavy atom. The second kappa shape index (κ2) is 8.83. The lowest BCUT2D eigenvalue weighted by Gasteiger charge is -2.11. The number of carbonyl (C=O) groups is 1. The van der Waals surface area contributed by atoms with Crippen LogP contribution < -0.4 is 9.47 Å². The molecule has 3 rings (SSSR count). The summed E-state index contributed by atoms with van der Waals surface area (Å²) in [6, 6.07) is 15.1. The van der Waals surface area contributed by atoms with Gasteiger partial charge in [0.1, 0.15) is 17.1 Å². The quantitative estimate of drug-likeness (QED) is 0.466. The molecule has 0 aliphatic rings. The van der Waals surface area contributed by atoms with Crippen LogP contribution in [0.3, 0.4) is 0 Å². The largest absolute Gasteiger partial charge is 0.503 e. The number of aromatic nitrogens is 3. The van der Waals surface area contributed by atoms with Crippen molar-refractivity contribution in [3.05, 3.63) is 71.7 Å². The predicted molar refractivity (Wildman–Crippen MR) is 100 cm³/mol. The fraction of sp³-hybridized carbons (Fsp3) is 0.0526. The molecule has 0 amide bonds. The Hall–Kier alpha value is -3.65. The molecule has 1 N–H and O–H groups in total. The number of carboxylic acids is 1. The second-order valence-electron chi connectivity index (χ2n) is 5.26. The van der Waals surface area contributed by atoms with Gasteiger partial charge in [-0.25, -0.2) is 4.79 Å². The Morgan fingerprint density at radius 1 is 0.964 bits per heavy atom. The van der Waals surface area contributed by atoms with Crippen molar-refractivity contribution in [2.75, 3.05) is 7.11 Å². The summed E-state index contributed by atoms with van der Waals surface area (Å²) < 4.78 is 16.0. The first kappa shape index (κ1) is 19.1. The maximum absolute atomic E-state index is 11.5. The van der Waals surface area contributed by atoms with Crippen LogP contribution in [-0.2, 0) is 9.53 Å². The van der Waals surface area contributed by atoms with Gasteiger partial charge >= 0.3 is 18.0 Å². The third-order valence-electron chi connectivity index (χ3n) is 3.36. The molecule has 0 unspecified atom stereocenters. The zero-order valence-corrected chi connectivity index (χ0v) is 15.3. The topological polar surface area (TPSA) is 104 Å². The van der Waals surface area contributed by atoms with E-state index in [1.165, 1.54) is 7.11 Å². The number of nitrogens with zero attached hydrogens (tertiary/aromatic N) is 3. The van der Waals surface area contributed by atoms with Gasteiger partial charge in [0.2, 0.25) is 5.28 Å². The minimum absolute atomic E-state index is 0.0652. The Bertz CT molecular complexity index is 1010. The summed E-state index contributed by atoms with van der Waals surface area (Å²) in [6.45, 7) is 0. The normalized spacial score (nSPS) is 11.0. The Labute approximate surface area is 165 Å². The molecule has 0 atom stereocenters. The molecule has 0 bridgehead atoms. The van der Waals surface area contributed by atoms with Crippen LogP contribution in [0, 0.1) is 0 Å². The summed E-state index contributed by atoms with van der Waals surface area (Å²) in [5, 5.41) is 9.27. The van der Waals surface area contributed by atoms with E-state index < -0.39 is 5.97 Å². The van der Waals surface area contributed by atoms with Gasteiger partial charge in [0, 0.05) is 5.56 Å². The van der Waals surface area contributed by atoms with Gasteiger partial charge in [-0.05, 0) is 29.8 Å². The van der Waals surface area contributed by atoms with Crippen molar-refractivity contribution in [1.29, 1.82) is 0 Å². The van der Waals surface area contributed by atoms with E-state index in [4.69, 9.17) is 25.8 Å². The summed E-state index contributed by atoms with van der Waals surface area (Å²) in [4.78, 5) is 23.4. The molecule has 2 aromatic carbocycles. The van der Waals surface area contributed by atoms with Crippen LogP contribution in [0.4, 0.5) is 0 Å². The van der Waals surface area contributed by atoms with Crippen molar-refractivity contribution in [2.24, 2.45) is 0 Å². The Morgan fingerprint density at radius 2 is 1.61 bits per heavy atom. The number of hydrogen-bond donors (Lipinski definition) is 1. The van der Waals surface area contributed by atoms with E-state index in [0.29, 0.717) is 5.75 Å². The minimum Gasteiger partial charge on any atom is -0.503 e. The summed E-state index contributed by atoms with van der Waals surface area (Å²) in [5.41, 5.74) is 0.179. The van der Waals surface area contributed by atoms with Crippen molar-refractivity contribution >= 4 is 23.1 Å². The zero-order chi connectivity index (χ0) is 19.9. The van der Waals surface area contributed by atoms with Gasteiger partial charge in [-0.3, -0.25) is 0 Å². The molecule has 1 heterocycles. The van der Waals surface area contributed by atoms with Crippen LogP contribution in [0.5, 0.6) is 23.5 Å². The fourth-order valence-electron chi connectivity index (χ4n) is 2.22. The first-order valence-corrected chi connectivity index (χ1v) is 8.32. The molecule has 0 saturated heterocycles. The third-order valence-corrected chi connectivity index (χ3v) is 3.53. The lowest BCUT2D eigenvalue weighted by molar-refractivity contribution is -0.130. The van der Waals surface area contributed by atoms with E-state index >= 15 is 0 Å². The van der Waals surface area contributed by atoms with E-state index in [1.807, 2.05) is 6.07 Å². The SMILES string of the molecule is COC=C(C(=O)O)c1ccccc1Oc1nc(Cl)nc(Oc2ccccc2)n1. The maximum Gasteiger partial charge on any atom is 0.339 e. The number of carboxylic acid groups (broad SMARTS) is 1. The van der Waals surface area contributed by atoms with E-state index in [0.717, 1.165) is 6.26 Å². The number of aliphatic carboxylic acids is 1. The Balaban J connectivity index is 1.92. The van der Waals surface area contributed by atoms with Crippen molar-refractivity contribution in [1.82, 2.24) is 15.0 Å².